The molecule has 0 saturated carbocycles. The number of rotatable bonds is 5. The number of hydrogen-bond donors (Lipinski definition) is 2. The Morgan fingerprint density at radius 3 is 2.45 bits per heavy atom. The van der Waals surface area contributed by atoms with E-state index < -0.39 is 11.5 Å². The van der Waals surface area contributed by atoms with E-state index in [2.05, 4.69) is 6.92 Å². The molecule has 66 valence electrons. The second-order valence-electron chi connectivity index (χ2n) is 3.18. The summed E-state index contributed by atoms with van der Waals surface area (Å²) in [5.74, 6) is -0.909. The number of carboxylic acids is 1. The van der Waals surface area contributed by atoms with Crippen LogP contribution in [-0.2, 0) is 4.79 Å². The van der Waals surface area contributed by atoms with Gasteiger partial charge in [-0.15, -0.1) is 0 Å². The van der Waals surface area contributed by atoms with Gasteiger partial charge in [-0.2, -0.15) is 0 Å². The first-order valence-electron chi connectivity index (χ1n) is 4.03. The summed E-state index contributed by atoms with van der Waals surface area (Å²) >= 11 is 0. The molecular weight excluding hydrogens is 142 g/mol. The van der Waals surface area contributed by atoms with Crippen LogP contribution in [0.1, 0.15) is 39.5 Å². The van der Waals surface area contributed by atoms with Gasteiger partial charge in [0.05, 0.1) is 0 Å². The molecule has 0 aliphatic carbocycles. The van der Waals surface area contributed by atoms with Crippen molar-refractivity contribution < 1.29 is 9.90 Å². The van der Waals surface area contributed by atoms with E-state index in [0.717, 1.165) is 19.3 Å². The van der Waals surface area contributed by atoms with E-state index in [9.17, 15) is 4.79 Å². The minimum atomic E-state index is -1.03. The smallest absolute Gasteiger partial charge is 0.323 e. The molecule has 0 aromatic carbocycles. The molecule has 0 saturated heterocycles. The van der Waals surface area contributed by atoms with Crippen molar-refractivity contribution in [3.63, 3.8) is 0 Å². The molecule has 0 bridgehead atoms. The fourth-order valence-corrected chi connectivity index (χ4v) is 0.849. The summed E-state index contributed by atoms with van der Waals surface area (Å²) in [6.45, 7) is 3.64. The molecule has 1 unspecified atom stereocenters. The van der Waals surface area contributed by atoms with Crippen molar-refractivity contribution in [1.82, 2.24) is 0 Å². The van der Waals surface area contributed by atoms with E-state index in [-0.39, 0.29) is 0 Å². The minimum absolute atomic E-state index is 0.566. The number of unbranched alkanes of at least 4 members (excludes halogenated alkanes) is 2. The van der Waals surface area contributed by atoms with Gasteiger partial charge in [-0.05, 0) is 13.3 Å². The fraction of sp³-hybridized carbons (Fsp3) is 0.875. The van der Waals surface area contributed by atoms with Crippen LogP contribution in [0, 0.1) is 0 Å². The number of aliphatic carboxylic acids is 1. The molecule has 0 aromatic heterocycles. The highest BCUT2D eigenvalue weighted by molar-refractivity contribution is 5.77. The summed E-state index contributed by atoms with van der Waals surface area (Å²) in [5, 5.41) is 8.62. The minimum Gasteiger partial charge on any atom is -0.480 e. The third-order valence-electron chi connectivity index (χ3n) is 1.79. The Kier molecular flexibility index (Phi) is 4.11. The van der Waals surface area contributed by atoms with Crippen LogP contribution in [0.4, 0.5) is 0 Å². The topological polar surface area (TPSA) is 63.3 Å². The first-order chi connectivity index (χ1) is 5.00. The van der Waals surface area contributed by atoms with E-state index in [4.69, 9.17) is 10.8 Å². The van der Waals surface area contributed by atoms with E-state index in [1.54, 1.807) is 6.92 Å². The zero-order chi connectivity index (χ0) is 8.91. The second-order valence-corrected chi connectivity index (χ2v) is 3.18. The Morgan fingerprint density at radius 1 is 1.55 bits per heavy atom. The highest BCUT2D eigenvalue weighted by Crippen LogP contribution is 2.11. The maximum absolute atomic E-state index is 10.5. The lowest BCUT2D eigenvalue weighted by Crippen LogP contribution is -2.44. The predicted octanol–water partition coefficient (Wildman–Crippen LogP) is 1.37. The quantitative estimate of drug-likeness (QED) is 0.595. The highest BCUT2D eigenvalue weighted by atomic mass is 16.4. The molecule has 0 spiro atoms. The number of nitrogens with two attached hydrogens (primary N) is 1. The third kappa shape index (κ3) is 3.98. The molecule has 0 radical (unpaired) electrons. The van der Waals surface area contributed by atoms with Crippen LogP contribution in [0.3, 0.4) is 0 Å². The molecule has 3 N–H and O–H groups in total. The summed E-state index contributed by atoms with van der Waals surface area (Å²) in [6, 6.07) is 0. The number of carbonyl (C=O) groups is 1. The van der Waals surface area contributed by atoms with Gasteiger partial charge in [0.25, 0.3) is 0 Å². The van der Waals surface area contributed by atoms with Crippen LogP contribution in [-0.4, -0.2) is 16.6 Å². The van der Waals surface area contributed by atoms with Crippen molar-refractivity contribution in [3.05, 3.63) is 0 Å². The normalized spacial score (nSPS) is 15.9. The van der Waals surface area contributed by atoms with Crippen LogP contribution >= 0.6 is 0 Å². The fourth-order valence-electron chi connectivity index (χ4n) is 0.849. The van der Waals surface area contributed by atoms with Gasteiger partial charge in [0.15, 0.2) is 0 Å². The third-order valence-corrected chi connectivity index (χ3v) is 1.79. The van der Waals surface area contributed by atoms with Crippen LogP contribution in [0.15, 0.2) is 0 Å². The summed E-state index contributed by atoms with van der Waals surface area (Å²) < 4.78 is 0. The monoisotopic (exact) mass is 159 g/mol. The zero-order valence-electron chi connectivity index (χ0n) is 7.26. The van der Waals surface area contributed by atoms with Crippen molar-refractivity contribution in [2.24, 2.45) is 5.73 Å². The molecular formula is C8H17NO2. The molecule has 0 heterocycles. The Labute approximate surface area is 67.6 Å². The van der Waals surface area contributed by atoms with Gasteiger partial charge in [-0.25, -0.2) is 0 Å². The number of hydrogen-bond acceptors (Lipinski definition) is 2. The molecule has 0 aromatic rings. The first kappa shape index (κ1) is 10.4. The van der Waals surface area contributed by atoms with Crippen molar-refractivity contribution in [2.45, 2.75) is 45.1 Å². The lowest BCUT2D eigenvalue weighted by molar-refractivity contribution is -0.142. The largest absolute Gasteiger partial charge is 0.480 e. The zero-order valence-corrected chi connectivity index (χ0v) is 7.26. The maximum atomic E-state index is 10.5. The Morgan fingerprint density at radius 2 is 2.09 bits per heavy atom. The predicted molar refractivity (Wildman–Crippen MR) is 44.4 cm³/mol. The van der Waals surface area contributed by atoms with Crippen molar-refractivity contribution >= 4 is 5.97 Å². The average Bonchev–Trinajstić information content (AvgIpc) is 1.88. The molecule has 0 rings (SSSR count). The lowest BCUT2D eigenvalue weighted by atomic mass is 9.96. The van der Waals surface area contributed by atoms with Crippen molar-refractivity contribution in [3.8, 4) is 0 Å². The Bertz CT molecular complexity index is 132. The second kappa shape index (κ2) is 4.34. The van der Waals surface area contributed by atoms with Gasteiger partial charge >= 0.3 is 5.97 Å². The summed E-state index contributed by atoms with van der Waals surface area (Å²) in [6.07, 6.45) is 3.61. The molecule has 0 aliphatic heterocycles. The van der Waals surface area contributed by atoms with Gasteiger partial charge in [0.1, 0.15) is 5.54 Å². The van der Waals surface area contributed by atoms with Gasteiger partial charge in [0, 0.05) is 0 Å². The Balaban J connectivity index is 3.64. The van der Waals surface area contributed by atoms with Gasteiger partial charge in [0.2, 0.25) is 0 Å². The van der Waals surface area contributed by atoms with E-state index in [1.165, 1.54) is 0 Å². The van der Waals surface area contributed by atoms with Crippen LogP contribution < -0.4 is 5.73 Å². The Hall–Kier alpha value is -0.570. The van der Waals surface area contributed by atoms with Gasteiger partial charge in [-0.1, -0.05) is 26.2 Å². The number of carboxylic acid groups (broad SMARTS) is 1. The summed E-state index contributed by atoms with van der Waals surface area (Å²) in [4.78, 5) is 10.5. The standard InChI is InChI=1S/C8H17NO2/c1-3-4-5-6-8(2,9)7(10)11/h3-6,9H2,1-2H3,(H,10,11). The molecule has 0 aliphatic rings. The SMILES string of the molecule is CCCCCC(C)(N)C(=O)O. The van der Waals surface area contributed by atoms with Crippen LogP contribution in [0.5, 0.6) is 0 Å². The molecule has 0 fully saturated rings. The van der Waals surface area contributed by atoms with Gasteiger partial charge < -0.3 is 10.8 Å². The first-order valence-corrected chi connectivity index (χ1v) is 4.03. The molecule has 3 nitrogen and oxygen atoms in total. The van der Waals surface area contributed by atoms with Crippen molar-refractivity contribution in [1.29, 1.82) is 0 Å². The van der Waals surface area contributed by atoms with E-state index in [0.29, 0.717) is 6.42 Å². The molecule has 3 heteroatoms. The lowest BCUT2D eigenvalue weighted by Gasteiger charge is -2.18. The average molecular weight is 159 g/mol. The molecule has 0 amide bonds. The van der Waals surface area contributed by atoms with Crippen LogP contribution in [0.25, 0.3) is 0 Å². The maximum Gasteiger partial charge on any atom is 0.323 e. The van der Waals surface area contributed by atoms with Crippen molar-refractivity contribution in [2.75, 3.05) is 0 Å². The van der Waals surface area contributed by atoms with Crippen LogP contribution in [0.2, 0.25) is 0 Å². The highest BCUT2D eigenvalue weighted by Gasteiger charge is 2.26. The van der Waals surface area contributed by atoms with Gasteiger partial charge in [-0.3, -0.25) is 4.79 Å². The van der Waals surface area contributed by atoms with E-state index in [1.807, 2.05) is 0 Å². The summed E-state index contributed by atoms with van der Waals surface area (Å²) in [7, 11) is 0. The molecule has 1 atom stereocenters. The molecule has 11 heavy (non-hydrogen) atoms. The summed E-state index contributed by atoms with van der Waals surface area (Å²) in [5.41, 5.74) is 4.47. The van der Waals surface area contributed by atoms with E-state index >= 15 is 0 Å².